The number of aromatic amines is 1. The van der Waals surface area contributed by atoms with Crippen LogP contribution in [0.25, 0.3) is 28.1 Å². The molecule has 0 fully saturated rings. The van der Waals surface area contributed by atoms with Gasteiger partial charge in [-0.1, -0.05) is 12.1 Å². The summed E-state index contributed by atoms with van der Waals surface area (Å²) in [5.74, 6) is -0.699. The first kappa shape index (κ1) is 23.2. The highest BCUT2D eigenvalue weighted by atomic mass is 19.1. The quantitative estimate of drug-likeness (QED) is 0.329. The van der Waals surface area contributed by atoms with E-state index in [9.17, 15) is 13.6 Å². The van der Waals surface area contributed by atoms with E-state index in [-0.39, 0.29) is 24.8 Å². The summed E-state index contributed by atoms with van der Waals surface area (Å²) in [4.78, 5) is 29.4. The van der Waals surface area contributed by atoms with E-state index in [1.165, 1.54) is 29.1 Å². The zero-order valence-corrected chi connectivity index (χ0v) is 19.3. The number of aromatic nitrogens is 6. The zero-order valence-electron chi connectivity index (χ0n) is 19.3. The van der Waals surface area contributed by atoms with E-state index in [4.69, 9.17) is 10.00 Å². The van der Waals surface area contributed by atoms with Crippen molar-refractivity contribution < 1.29 is 13.5 Å². The summed E-state index contributed by atoms with van der Waals surface area (Å²) in [6, 6.07) is 10.8. The maximum Gasteiger partial charge on any atom is 0.328 e. The lowest BCUT2D eigenvalue weighted by Gasteiger charge is -2.12. The standard InChI is InChI=1S/C25H21F2N7O2/c1-2-36-22-15(6-5-7-17(22)27)13-33-23-21(31-25(33)35)19(8-3-4-11-28)30-24(32-23)34-14-29-18-10-9-16(26)12-20(18)34/h5-7,9-10,12,14H,2-4,8,13H2,1H3,(H,31,35). The number of benzene rings is 2. The van der Waals surface area contributed by atoms with E-state index in [0.717, 1.165) is 0 Å². The van der Waals surface area contributed by atoms with Gasteiger partial charge >= 0.3 is 5.69 Å². The first-order chi connectivity index (χ1) is 17.5. The molecule has 0 radical (unpaired) electrons. The topological polar surface area (TPSA) is 114 Å². The number of aryl methyl sites for hydroxylation is 1. The van der Waals surface area contributed by atoms with Crippen LogP contribution in [0.1, 0.15) is 31.0 Å². The van der Waals surface area contributed by atoms with Gasteiger partial charge in [0, 0.05) is 18.1 Å². The second-order valence-electron chi connectivity index (χ2n) is 8.11. The van der Waals surface area contributed by atoms with Gasteiger partial charge in [0.25, 0.3) is 0 Å². The number of halogens is 2. The first-order valence-electron chi connectivity index (χ1n) is 11.4. The molecule has 0 spiro atoms. The maximum atomic E-state index is 14.4. The van der Waals surface area contributed by atoms with E-state index in [1.54, 1.807) is 29.7 Å². The number of H-pyrrole nitrogens is 1. The molecule has 36 heavy (non-hydrogen) atoms. The molecule has 0 amide bonds. The van der Waals surface area contributed by atoms with Crippen molar-refractivity contribution in [1.29, 1.82) is 5.26 Å². The van der Waals surface area contributed by atoms with Crippen LogP contribution < -0.4 is 10.4 Å². The van der Waals surface area contributed by atoms with Crippen molar-refractivity contribution >= 4 is 22.2 Å². The highest BCUT2D eigenvalue weighted by Gasteiger charge is 2.19. The van der Waals surface area contributed by atoms with Crippen LogP contribution in [-0.4, -0.2) is 35.7 Å². The van der Waals surface area contributed by atoms with E-state index in [2.05, 4.69) is 26.0 Å². The average molecular weight is 489 g/mol. The van der Waals surface area contributed by atoms with Gasteiger partial charge in [-0.25, -0.2) is 23.5 Å². The highest BCUT2D eigenvalue weighted by molar-refractivity contribution is 5.78. The molecule has 0 atom stereocenters. The molecule has 0 saturated carbocycles. The van der Waals surface area contributed by atoms with Crippen molar-refractivity contribution in [2.75, 3.05) is 6.61 Å². The van der Waals surface area contributed by atoms with Crippen LogP contribution >= 0.6 is 0 Å². The largest absolute Gasteiger partial charge is 0.490 e. The number of para-hydroxylation sites is 1. The highest BCUT2D eigenvalue weighted by Crippen LogP contribution is 2.26. The maximum absolute atomic E-state index is 14.4. The molecule has 0 unspecified atom stereocenters. The van der Waals surface area contributed by atoms with Crippen LogP contribution in [0.4, 0.5) is 8.78 Å². The number of nitriles is 1. The third kappa shape index (κ3) is 4.17. The number of hydrogen-bond acceptors (Lipinski definition) is 6. The minimum atomic E-state index is -0.526. The van der Waals surface area contributed by atoms with Crippen LogP contribution in [0.15, 0.2) is 47.5 Å². The molecule has 0 aliphatic rings. The lowest BCUT2D eigenvalue weighted by molar-refractivity contribution is 0.317. The number of ether oxygens (including phenoxy) is 1. The normalized spacial score (nSPS) is 11.3. The fraction of sp³-hybridized carbons (Fsp3) is 0.240. The summed E-state index contributed by atoms with van der Waals surface area (Å²) in [7, 11) is 0. The van der Waals surface area contributed by atoms with Gasteiger partial charge in [0.2, 0.25) is 5.95 Å². The molecule has 1 N–H and O–H groups in total. The summed E-state index contributed by atoms with van der Waals surface area (Å²) in [5.41, 5.74) is 2.29. The minimum Gasteiger partial charge on any atom is -0.490 e. The van der Waals surface area contributed by atoms with Crippen LogP contribution in [0, 0.1) is 23.0 Å². The van der Waals surface area contributed by atoms with Gasteiger partial charge in [0.1, 0.15) is 17.7 Å². The zero-order chi connectivity index (χ0) is 25.2. The van der Waals surface area contributed by atoms with E-state index < -0.39 is 17.3 Å². The van der Waals surface area contributed by atoms with Crippen LogP contribution in [0.3, 0.4) is 0 Å². The van der Waals surface area contributed by atoms with Crippen LogP contribution in [0.2, 0.25) is 0 Å². The summed E-state index contributed by atoms with van der Waals surface area (Å²) >= 11 is 0. The van der Waals surface area contributed by atoms with Gasteiger partial charge in [0.15, 0.2) is 17.2 Å². The second-order valence-corrected chi connectivity index (χ2v) is 8.11. The van der Waals surface area contributed by atoms with Gasteiger partial charge in [-0.2, -0.15) is 10.2 Å². The lowest BCUT2D eigenvalue weighted by Crippen LogP contribution is -2.18. The molecule has 5 aromatic rings. The minimum absolute atomic E-state index is 0.000675. The Labute approximate surface area is 203 Å². The third-order valence-corrected chi connectivity index (χ3v) is 5.78. The van der Waals surface area contributed by atoms with E-state index in [1.807, 2.05) is 0 Å². The van der Waals surface area contributed by atoms with E-state index in [0.29, 0.717) is 52.7 Å². The number of nitrogens with zero attached hydrogens (tertiary/aromatic N) is 6. The van der Waals surface area contributed by atoms with Gasteiger partial charge in [-0.3, -0.25) is 9.13 Å². The van der Waals surface area contributed by atoms with Crippen molar-refractivity contribution in [3.8, 4) is 17.8 Å². The molecular weight excluding hydrogens is 468 g/mol. The van der Waals surface area contributed by atoms with Crippen molar-refractivity contribution in [2.24, 2.45) is 0 Å². The van der Waals surface area contributed by atoms with Crippen molar-refractivity contribution in [1.82, 2.24) is 29.1 Å². The fourth-order valence-electron chi connectivity index (χ4n) is 4.14. The predicted molar refractivity (Wildman–Crippen MR) is 128 cm³/mol. The lowest BCUT2D eigenvalue weighted by atomic mass is 10.1. The van der Waals surface area contributed by atoms with Crippen molar-refractivity contribution in [3.05, 3.63) is 76.1 Å². The summed E-state index contributed by atoms with van der Waals surface area (Å²) in [5, 5.41) is 8.98. The first-order valence-corrected chi connectivity index (χ1v) is 11.4. The molecule has 0 aliphatic heterocycles. The number of rotatable bonds is 8. The Morgan fingerprint density at radius 3 is 2.86 bits per heavy atom. The Hall–Kier alpha value is -4.59. The number of nitrogens with one attached hydrogen (secondary N) is 1. The Balaban J connectivity index is 1.70. The van der Waals surface area contributed by atoms with Gasteiger partial charge in [0.05, 0.1) is 35.9 Å². The molecule has 0 saturated heterocycles. The van der Waals surface area contributed by atoms with Crippen molar-refractivity contribution in [2.45, 2.75) is 32.7 Å². The van der Waals surface area contributed by atoms with E-state index >= 15 is 0 Å². The monoisotopic (exact) mass is 489 g/mol. The molecule has 0 bridgehead atoms. The molecule has 182 valence electrons. The molecule has 0 aliphatic carbocycles. The molecule has 2 aromatic carbocycles. The summed E-state index contributed by atoms with van der Waals surface area (Å²) < 4.78 is 36.8. The Morgan fingerprint density at radius 1 is 1.19 bits per heavy atom. The molecule has 9 nitrogen and oxygen atoms in total. The number of unbranched alkanes of at least 4 members (excludes halogenated alkanes) is 1. The fourth-order valence-corrected chi connectivity index (χ4v) is 4.14. The van der Waals surface area contributed by atoms with Crippen LogP contribution in [-0.2, 0) is 13.0 Å². The predicted octanol–water partition coefficient (Wildman–Crippen LogP) is 4.03. The Kier molecular flexibility index (Phi) is 6.16. The Bertz CT molecular complexity index is 1680. The van der Waals surface area contributed by atoms with Gasteiger partial charge in [-0.05, 0) is 38.0 Å². The molecule has 5 rings (SSSR count). The number of hydrogen-bond donors (Lipinski definition) is 1. The third-order valence-electron chi connectivity index (χ3n) is 5.78. The SMILES string of the molecule is CCOc1c(F)cccc1Cn1c(=O)[nH]c2c(CCCC#N)nc(-n3cnc4ccc(F)cc43)nc21. The molecule has 11 heteroatoms. The van der Waals surface area contributed by atoms with Crippen molar-refractivity contribution in [3.63, 3.8) is 0 Å². The second kappa shape index (κ2) is 9.58. The van der Waals surface area contributed by atoms with Gasteiger partial charge < -0.3 is 9.72 Å². The smallest absolute Gasteiger partial charge is 0.328 e. The van der Waals surface area contributed by atoms with Crippen LogP contribution in [0.5, 0.6) is 5.75 Å². The number of fused-ring (bicyclic) bond motifs is 2. The average Bonchev–Trinajstić information content (AvgIpc) is 3.42. The van der Waals surface area contributed by atoms with Gasteiger partial charge in [-0.15, -0.1) is 0 Å². The summed E-state index contributed by atoms with van der Waals surface area (Å²) in [6.07, 6.45) is 2.73. The summed E-state index contributed by atoms with van der Waals surface area (Å²) in [6.45, 7) is 2.01. The molecular formula is C25H21F2N7O2. The Morgan fingerprint density at radius 2 is 2.06 bits per heavy atom. The molecule has 3 aromatic heterocycles. The number of imidazole rings is 2. The molecule has 3 heterocycles.